The van der Waals surface area contributed by atoms with Crippen LogP contribution in [0.25, 0.3) is 0 Å². The van der Waals surface area contributed by atoms with Crippen LogP contribution in [-0.4, -0.2) is 34.1 Å². The summed E-state index contributed by atoms with van der Waals surface area (Å²) in [6.45, 7) is 2.73. The number of halogens is 6. The third kappa shape index (κ3) is 2.74. The normalized spacial score (nSPS) is 42.8. The fraction of sp³-hybridized carbons (Fsp3) is 1.00. The zero-order valence-corrected chi connectivity index (χ0v) is 12.7. The van der Waals surface area contributed by atoms with E-state index in [0.29, 0.717) is 12.8 Å². The van der Waals surface area contributed by atoms with Gasteiger partial charge in [0, 0.05) is 11.8 Å². The lowest BCUT2D eigenvalue weighted by atomic mass is 9.66. The first kappa shape index (κ1) is 18.8. The SMILES string of the molecule is CCC1C(C2CC2)C(CC)C(O)(C(F)(F)F)OC1(O)C(F)(F)F. The maximum Gasteiger partial charge on any atom is 0.443 e. The molecule has 9 heteroatoms. The minimum absolute atomic E-state index is 0.207. The van der Waals surface area contributed by atoms with Crippen LogP contribution in [0, 0.1) is 23.7 Å². The Kier molecular flexibility index (Phi) is 4.48. The lowest BCUT2D eigenvalue weighted by Crippen LogP contribution is -2.71. The summed E-state index contributed by atoms with van der Waals surface area (Å²) < 4.78 is 84.0. The van der Waals surface area contributed by atoms with Crippen LogP contribution in [0.4, 0.5) is 26.3 Å². The summed E-state index contributed by atoms with van der Waals surface area (Å²) >= 11 is 0. The van der Waals surface area contributed by atoms with Gasteiger partial charge in [0.1, 0.15) is 0 Å². The van der Waals surface area contributed by atoms with Crippen LogP contribution in [-0.2, 0) is 4.74 Å². The van der Waals surface area contributed by atoms with E-state index in [1.165, 1.54) is 13.8 Å². The second-order valence-corrected chi connectivity index (χ2v) is 6.43. The molecule has 0 aromatic rings. The fourth-order valence-corrected chi connectivity index (χ4v) is 3.96. The zero-order chi connectivity index (χ0) is 17.8. The van der Waals surface area contributed by atoms with Crippen molar-refractivity contribution in [2.24, 2.45) is 23.7 Å². The van der Waals surface area contributed by atoms with Gasteiger partial charge >= 0.3 is 12.4 Å². The highest BCUT2D eigenvalue weighted by molar-refractivity contribution is 5.06. The van der Waals surface area contributed by atoms with Gasteiger partial charge in [0.25, 0.3) is 11.6 Å². The van der Waals surface area contributed by atoms with Crippen LogP contribution in [0.3, 0.4) is 0 Å². The van der Waals surface area contributed by atoms with E-state index in [1.54, 1.807) is 0 Å². The summed E-state index contributed by atoms with van der Waals surface area (Å²) in [5.74, 6) is -12.6. The van der Waals surface area contributed by atoms with Crippen molar-refractivity contribution >= 4 is 0 Å². The minimum Gasteiger partial charge on any atom is -0.358 e. The van der Waals surface area contributed by atoms with Gasteiger partial charge in [0.2, 0.25) is 0 Å². The molecule has 3 nitrogen and oxygen atoms in total. The topological polar surface area (TPSA) is 49.7 Å². The van der Waals surface area contributed by atoms with Gasteiger partial charge in [-0.1, -0.05) is 13.8 Å². The van der Waals surface area contributed by atoms with E-state index in [1.807, 2.05) is 0 Å². The van der Waals surface area contributed by atoms with Crippen molar-refractivity contribution in [1.29, 1.82) is 0 Å². The van der Waals surface area contributed by atoms with Crippen molar-refractivity contribution < 1.29 is 41.3 Å². The Morgan fingerprint density at radius 2 is 1.22 bits per heavy atom. The van der Waals surface area contributed by atoms with E-state index in [0.717, 1.165) is 0 Å². The Bertz CT molecular complexity index is 413. The summed E-state index contributed by atoms with van der Waals surface area (Å²) in [7, 11) is 0. The van der Waals surface area contributed by atoms with Crippen LogP contribution in [0.2, 0.25) is 0 Å². The van der Waals surface area contributed by atoms with E-state index in [4.69, 9.17) is 0 Å². The van der Waals surface area contributed by atoms with Gasteiger partial charge in [-0.25, -0.2) is 0 Å². The van der Waals surface area contributed by atoms with E-state index in [2.05, 4.69) is 4.74 Å². The molecule has 0 radical (unpaired) electrons. The van der Waals surface area contributed by atoms with Gasteiger partial charge in [0.05, 0.1) is 0 Å². The largest absolute Gasteiger partial charge is 0.443 e. The Morgan fingerprint density at radius 1 is 0.870 bits per heavy atom. The highest BCUT2D eigenvalue weighted by Crippen LogP contribution is 2.61. The Hall–Kier alpha value is -0.540. The molecule has 1 aliphatic heterocycles. The summed E-state index contributed by atoms with van der Waals surface area (Å²) in [6.07, 6.45) is -10.3. The average Bonchev–Trinajstić information content (AvgIpc) is 3.19. The molecular weight excluding hydrogens is 330 g/mol. The Morgan fingerprint density at radius 3 is 1.43 bits per heavy atom. The first-order valence-corrected chi connectivity index (χ1v) is 7.61. The van der Waals surface area contributed by atoms with Crippen molar-refractivity contribution in [3.05, 3.63) is 0 Å². The molecule has 2 aliphatic rings. The van der Waals surface area contributed by atoms with Crippen molar-refractivity contribution in [3.63, 3.8) is 0 Å². The van der Waals surface area contributed by atoms with Crippen molar-refractivity contribution in [2.45, 2.75) is 63.5 Å². The predicted molar refractivity (Wildman–Crippen MR) is 66.9 cm³/mol. The summed E-state index contributed by atoms with van der Waals surface area (Å²) in [6, 6.07) is 0. The lowest BCUT2D eigenvalue weighted by molar-refractivity contribution is -0.520. The summed E-state index contributed by atoms with van der Waals surface area (Å²) in [5.41, 5.74) is 0. The number of aliphatic hydroxyl groups is 2. The molecule has 1 heterocycles. The summed E-state index contributed by atoms with van der Waals surface area (Å²) in [5, 5.41) is 20.0. The van der Waals surface area contributed by atoms with E-state index in [-0.39, 0.29) is 18.8 Å². The van der Waals surface area contributed by atoms with Crippen molar-refractivity contribution in [1.82, 2.24) is 0 Å². The molecule has 136 valence electrons. The molecular formula is C14H20F6O3. The number of hydrogen-bond acceptors (Lipinski definition) is 3. The molecule has 23 heavy (non-hydrogen) atoms. The van der Waals surface area contributed by atoms with Gasteiger partial charge in [-0.2, -0.15) is 26.3 Å². The van der Waals surface area contributed by atoms with Crippen LogP contribution < -0.4 is 0 Å². The third-order valence-electron chi connectivity index (χ3n) is 5.10. The molecule has 4 unspecified atom stereocenters. The first-order valence-electron chi connectivity index (χ1n) is 7.61. The Balaban J connectivity index is 2.60. The maximum atomic E-state index is 13.3. The van der Waals surface area contributed by atoms with Gasteiger partial charge in [0.15, 0.2) is 0 Å². The quantitative estimate of drug-likeness (QED) is 0.765. The number of hydrogen-bond donors (Lipinski definition) is 2. The van der Waals surface area contributed by atoms with E-state index < -0.39 is 41.7 Å². The standard InChI is InChI=1S/C14H20F6O3/c1-3-8-10(7-5-6-7)9(4-2)12(22,14(18,19)20)23-11(8,21)13(15,16)17/h7-10,21-22H,3-6H2,1-2H3. The fourth-order valence-electron chi connectivity index (χ4n) is 3.96. The van der Waals surface area contributed by atoms with Crippen LogP contribution >= 0.6 is 0 Å². The number of alkyl halides is 6. The van der Waals surface area contributed by atoms with Crippen LogP contribution in [0.1, 0.15) is 39.5 Å². The number of ether oxygens (including phenoxy) is 1. The molecule has 1 aliphatic carbocycles. The van der Waals surface area contributed by atoms with Gasteiger partial charge in [-0.3, -0.25) is 0 Å². The van der Waals surface area contributed by atoms with Gasteiger partial charge in [-0.05, 0) is 37.5 Å². The van der Waals surface area contributed by atoms with Gasteiger partial charge < -0.3 is 14.9 Å². The van der Waals surface area contributed by atoms with Crippen LogP contribution in [0.5, 0.6) is 0 Å². The maximum absolute atomic E-state index is 13.3. The molecule has 0 bridgehead atoms. The van der Waals surface area contributed by atoms with E-state index in [9.17, 15) is 36.6 Å². The lowest BCUT2D eigenvalue weighted by Gasteiger charge is -2.55. The predicted octanol–water partition coefficient (Wildman–Crippen LogP) is 3.60. The molecule has 4 atom stereocenters. The van der Waals surface area contributed by atoms with E-state index >= 15 is 0 Å². The van der Waals surface area contributed by atoms with Crippen molar-refractivity contribution in [2.75, 3.05) is 0 Å². The zero-order valence-electron chi connectivity index (χ0n) is 12.7. The second-order valence-electron chi connectivity index (χ2n) is 6.43. The van der Waals surface area contributed by atoms with Crippen LogP contribution in [0.15, 0.2) is 0 Å². The molecule has 2 N–H and O–H groups in total. The molecule has 1 saturated carbocycles. The smallest absolute Gasteiger partial charge is 0.358 e. The molecule has 1 saturated heterocycles. The summed E-state index contributed by atoms with van der Waals surface area (Å²) in [4.78, 5) is 0. The monoisotopic (exact) mass is 350 g/mol. The molecule has 0 aromatic carbocycles. The Labute approximate surface area is 129 Å². The van der Waals surface area contributed by atoms with Crippen molar-refractivity contribution in [3.8, 4) is 0 Å². The molecule has 0 amide bonds. The highest BCUT2D eigenvalue weighted by atomic mass is 19.4. The molecule has 0 aromatic heterocycles. The molecule has 0 spiro atoms. The second kappa shape index (κ2) is 5.49. The third-order valence-corrected chi connectivity index (χ3v) is 5.10. The average molecular weight is 350 g/mol. The highest BCUT2D eigenvalue weighted by Gasteiger charge is 2.76. The first-order chi connectivity index (χ1) is 10.3. The van der Waals surface area contributed by atoms with Gasteiger partial charge in [-0.15, -0.1) is 0 Å². The number of rotatable bonds is 3. The molecule has 2 rings (SSSR count). The molecule has 2 fully saturated rings. The minimum atomic E-state index is -5.45.